The molecule has 2 aliphatic rings. The van der Waals surface area contributed by atoms with Crippen LogP contribution in [0.4, 0.5) is 4.39 Å². The molecule has 176 valence electrons. The highest BCUT2D eigenvalue weighted by atomic mass is 127. The summed E-state index contributed by atoms with van der Waals surface area (Å²) in [6.45, 7) is 7.64. The number of nitrogens with zero attached hydrogens (tertiary/aromatic N) is 2. The van der Waals surface area contributed by atoms with E-state index in [9.17, 15) is 12.8 Å². The Labute approximate surface area is 202 Å². The lowest BCUT2D eigenvalue weighted by molar-refractivity contribution is 0.285. The van der Waals surface area contributed by atoms with Crippen molar-refractivity contribution in [2.75, 3.05) is 50.8 Å². The van der Waals surface area contributed by atoms with Crippen molar-refractivity contribution in [2.45, 2.75) is 32.7 Å². The lowest BCUT2D eigenvalue weighted by Crippen LogP contribution is -2.42. The first-order valence-electron chi connectivity index (χ1n) is 10.8. The van der Waals surface area contributed by atoms with Crippen LogP contribution in [0.3, 0.4) is 0 Å². The Hall–Kier alpha value is -1.14. The van der Waals surface area contributed by atoms with Crippen molar-refractivity contribution in [1.82, 2.24) is 15.5 Å². The molecule has 1 aromatic rings. The number of rotatable bonds is 9. The number of hydrogen-bond acceptors (Lipinski definition) is 5. The van der Waals surface area contributed by atoms with Crippen molar-refractivity contribution in [3.63, 3.8) is 0 Å². The number of benzene rings is 1. The van der Waals surface area contributed by atoms with Gasteiger partial charge in [0.1, 0.15) is 0 Å². The molecule has 2 N–H and O–H groups in total. The molecule has 0 spiro atoms. The summed E-state index contributed by atoms with van der Waals surface area (Å²) < 4.78 is 43.0. The summed E-state index contributed by atoms with van der Waals surface area (Å²) >= 11 is 0. The molecule has 1 unspecified atom stereocenters. The zero-order valence-electron chi connectivity index (χ0n) is 18.3. The molecule has 3 rings (SSSR count). The van der Waals surface area contributed by atoms with Gasteiger partial charge in [-0.25, -0.2) is 12.8 Å². The van der Waals surface area contributed by atoms with Gasteiger partial charge in [-0.05, 0) is 50.3 Å². The van der Waals surface area contributed by atoms with Crippen molar-refractivity contribution in [2.24, 2.45) is 10.9 Å². The summed E-state index contributed by atoms with van der Waals surface area (Å²) in [5.41, 5.74) is 0.818. The van der Waals surface area contributed by atoms with Gasteiger partial charge in [-0.2, -0.15) is 0 Å². The Bertz CT molecular complexity index is 835. The van der Waals surface area contributed by atoms with Crippen molar-refractivity contribution >= 4 is 39.8 Å². The fourth-order valence-corrected chi connectivity index (χ4v) is 4.56. The second-order valence-corrected chi connectivity index (χ2v) is 10.4. The molecule has 0 amide bonds. The van der Waals surface area contributed by atoms with E-state index in [1.807, 2.05) is 19.9 Å². The minimum atomic E-state index is -2.87. The average Bonchev–Trinajstić information content (AvgIpc) is 3.53. The van der Waals surface area contributed by atoms with Crippen LogP contribution < -0.4 is 15.4 Å². The molecule has 1 aliphatic carbocycles. The first-order chi connectivity index (χ1) is 14.4. The predicted octanol–water partition coefficient (Wildman–Crippen LogP) is 2.58. The van der Waals surface area contributed by atoms with E-state index in [0.29, 0.717) is 57.0 Å². The maximum Gasteiger partial charge on any atom is 0.191 e. The van der Waals surface area contributed by atoms with Gasteiger partial charge >= 0.3 is 0 Å². The Morgan fingerprint density at radius 3 is 2.65 bits per heavy atom. The van der Waals surface area contributed by atoms with Gasteiger partial charge in [-0.3, -0.25) is 9.89 Å². The maximum absolute atomic E-state index is 14.4. The number of guanidine groups is 1. The molecular formula is C21H34FIN4O3S. The van der Waals surface area contributed by atoms with E-state index in [-0.39, 0.29) is 47.3 Å². The third-order valence-electron chi connectivity index (χ3n) is 5.45. The molecule has 0 bridgehead atoms. The summed E-state index contributed by atoms with van der Waals surface area (Å²) in [5.74, 6) is 1.64. The third-order valence-corrected chi connectivity index (χ3v) is 7.06. The first kappa shape index (κ1) is 26.1. The minimum absolute atomic E-state index is 0. The number of ether oxygens (including phenoxy) is 1. The van der Waals surface area contributed by atoms with E-state index in [0.717, 1.165) is 5.56 Å². The predicted molar refractivity (Wildman–Crippen MR) is 133 cm³/mol. The van der Waals surface area contributed by atoms with E-state index in [1.165, 1.54) is 18.9 Å². The van der Waals surface area contributed by atoms with Crippen LogP contribution in [0.1, 0.15) is 38.3 Å². The van der Waals surface area contributed by atoms with Gasteiger partial charge in [0.25, 0.3) is 0 Å². The van der Waals surface area contributed by atoms with Gasteiger partial charge < -0.3 is 15.4 Å². The van der Waals surface area contributed by atoms with Crippen molar-refractivity contribution in [1.29, 1.82) is 0 Å². The summed E-state index contributed by atoms with van der Waals surface area (Å²) in [7, 11) is -2.87. The zero-order chi connectivity index (χ0) is 21.6. The van der Waals surface area contributed by atoms with Gasteiger partial charge in [0.2, 0.25) is 0 Å². The van der Waals surface area contributed by atoms with Crippen LogP contribution in [0.5, 0.6) is 5.75 Å². The molecule has 2 fully saturated rings. The first-order valence-corrected chi connectivity index (χ1v) is 12.6. The van der Waals surface area contributed by atoms with E-state index in [4.69, 9.17) is 4.74 Å². The molecule has 1 atom stereocenters. The molecule has 10 heteroatoms. The Morgan fingerprint density at radius 1 is 1.32 bits per heavy atom. The SMILES string of the molecule is CCNC(=NCCN1CCS(=O)(=O)CC1)NC(C)c1ccc(OCC2CC2)c(F)c1.I. The standard InChI is InChI=1S/C21H33FN4O3S.HI/c1-3-23-21(24-8-9-26-10-12-30(27,28)13-11-26)25-16(2)18-6-7-20(19(22)14-18)29-15-17-4-5-17;/h6-7,14,16-17H,3-5,8-13,15H2,1-2H3,(H2,23,24,25);1H. The van der Waals surface area contributed by atoms with Crippen molar-refractivity contribution in [3.05, 3.63) is 29.6 Å². The van der Waals surface area contributed by atoms with E-state index in [2.05, 4.69) is 20.5 Å². The third kappa shape index (κ3) is 8.72. The van der Waals surface area contributed by atoms with Crippen molar-refractivity contribution < 1.29 is 17.5 Å². The number of halogens is 2. The fraction of sp³-hybridized carbons (Fsp3) is 0.667. The summed E-state index contributed by atoms with van der Waals surface area (Å²) in [6, 6.07) is 4.95. The van der Waals surface area contributed by atoms with Gasteiger partial charge in [0.05, 0.1) is 30.7 Å². The lowest BCUT2D eigenvalue weighted by Gasteiger charge is -2.26. The van der Waals surface area contributed by atoms with Crippen LogP contribution in [0, 0.1) is 11.7 Å². The molecule has 1 saturated carbocycles. The number of hydrogen-bond donors (Lipinski definition) is 2. The van der Waals surface area contributed by atoms with Gasteiger partial charge in [0, 0.05) is 26.2 Å². The molecule has 0 radical (unpaired) electrons. The normalized spacial score (nSPS) is 19.9. The van der Waals surface area contributed by atoms with E-state index in [1.54, 1.807) is 6.07 Å². The molecular weight excluding hydrogens is 534 g/mol. The average molecular weight is 568 g/mol. The van der Waals surface area contributed by atoms with Crippen LogP contribution in [0.2, 0.25) is 0 Å². The smallest absolute Gasteiger partial charge is 0.191 e. The van der Waals surface area contributed by atoms with Crippen LogP contribution in [0.25, 0.3) is 0 Å². The van der Waals surface area contributed by atoms with Gasteiger partial charge in [-0.15, -0.1) is 24.0 Å². The van der Waals surface area contributed by atoms with Gasteiger partial charge in [0.15, 0.2) is 27.4 Å². The lowest BCUT2D eigenvalue weighted by atomic mass is 10.1. The molecule has 1 heterocycles. The van der Waals surface area contributed by atoms with E-state index >= 15 is 0 Å². The molecule has 1 saturated heterocycles. The largest absolute Gasteiger partial charge is 0.490 e. The van der Waals surface area contributed by atoms with Gasteiger partial charge in [-0.1, -0.05) is 6.07 Å². The van der Waals surface area contributed by atoms with E-state index < -0.39 is 9.84 Å². The highest BCUT2D eigenvalue weighted by molar-refractivity contribution is 14.0. The summed E-state index contributed by atoms with van der Waals surface area (Å²) in [5, 5.41) is 6.51. The summed E-state index contributed by atoms with van der Waals surface area (Å²) in [6.07, 6.45) is 2.34. The zero-order valence-corrected chi connectivity index (χ0v) is 21.4. The quantitative estimate of drug-likeness (QED) is 0.271. The molecule has 1 aromatic carbocycles. The molecule has 1 aliphatic heterocycles. The highest BCUT2D eigenvalue weighted by Crippen LogP contribution is 2.30. The van der Waals surface area contributed by atoms with Crippen molar-refractivity contribution in [3.8, 4) is 5.75 Å². The number of aliphatic imine (C=N–C) groups is 1. The van der Waals surface area contributed by atoms with Crippen LogP contribution in [-0.2, 0) is 9.84 Å². The maximum atomic E-state index is 14.4. The van der Waals surface area contributed by atoms with Crippen LogP contribution in [0.15, 0.2) is 23.2 Å². The minimum Gasteiger partial charge on any atom is -0.490 e. The monoisotopic (exact) mass is 568 g/mol. The Morgan fingerprint density at radius 2 is 2.03 bits per heavy atom. The number of sulfone groups is 1. The fourth-order valence-electron chi connectivity index (χ4n) is 3.28. The number of nitrogens with one attached hydrogen (secondary N) is 2. The Kier molecular flexibility index (Phi) is 10.3. The second kappa shape index (κ2) is 12.2. The van der Waals surface area contributed by atoms with Crippen LogP contribution >= 0.6 is 24.0 Å². The Balaban J connectivity index is 0.00000341. The summed E-state index contributed by atoms with van der Waals surface area (Å²) in [4.78, 5) is 6.71. The molecule has 31 heavy (non-hydrogen) atoms. The second-order valence-electron chi connectivity index (χ2n) is 8.06. The van der Waals surface area contributed by atoms with Crippen LogP contribution in [-0.4, -0.2) is 70.1 Å². The highest BCUT2D eigenvalue weighted by Gasteiger charge is 2.23. The molecule has 0 aromatic heterocycles. The topological polar surface area (TPSA) is 83.0 Å². The molecule has 7 nitrogen and oxygen atoms in total.